The number of hydrogen-bond donors (Lipinski definition) is 1. The van der Waals surface area contributed by atoms with E-state index in [2.05, 4.69) is 0 Å². The molecular formula is C15H19NO4. The molecule has 1 N–H and O–H groups in total. The minimum atomic E-state index is -0.574. The van der Waals surface area contributed by atoms with Crippen molar-refractivity contribution in [1.29, 1.82) is 0 Å². The van der Waals surface area contributed by atoms with Crippen LogP contribution in [0.2, 0.25) is 0 Å². The van der Waals surface area contributed by atoms with Crippen molar-refractivity contribution in [3.05, 3.63) is 34.3 Å². The lowest BCUT2D eigenvalue weighted by molar-refractivity contribution is -0.00994. The second-order valence-corrected chi connectivity index (χ2v) is 5.26. The van der Waals surface area contributed by atoms with Crippen LogP contribution < -0.4 is 5.76 Å². The van der Waals surface area contributed by atoms with E-state index >= 15 is 0 Å². The number of rotatable bonds is 3. The van der Waals surface area contributed by atoms with Crippen LogP contribution >= 0.6 is 0 Å². The molecular weight excluding hydrogens is 258 g/mol. The fourth-order valence-electron chi connectivity index (χ4n) is 2.85. The molecule has 0 spiro atoms. The van der Waals surface area contributed by atoms with Crippen molar-refractivity contribution >= 4 is 11.1 Å². The molecule has 20 heavy (non-hydrogen) atoms. The summed E-state index contributed by atoms with van der Waals surface area (Å²) in [6.07, 6.45) is 1.36. The standard InChI is InChI=1S/C15H19NO4/c1-2-16-12-6-5-10(8-13(12)20-15(16)18)14(17)11-4-3-7-19-9-11/h5-6,8,11,14,17H,2-4,7,9H2,1H3. The molecule has 1 aliphatic rings. The largest absolute Gasteiger partial charge is 0.419 e. The van der Waals surface area contributed by atoms with Gasteiger partial charge >= 0.3 is 5.76 Å². The quantitative estimate of drug-likeness (QED) is 0.932. The van der Waals surface area contributed by atoms with Gasteiger partial charge in [-0.05, 0) is 37.5 Å². The van der Waals surface area contributed by atoms with E-state index in [1.165, 1.54) is 0 Å². The Kier molecular flexibility index (Phi) is 3.63. The highest BCUT2D eigenvalue weighted by Crippen LogP contribution is 2.30. The smallest absolute Gasteiger partial charge is 0.408 e. The normalized spacial score (nSPS) is 21.2. The zero-order chi connectivity index (χ0) is 14.1. The van der Waals surface area contributed by atoms with Crippen molar-refractivity contribution in [1.82, 2.24) is 4.57 Å². The highest BCUT2D eigenvalue weighted by molar-refractivity contribution is 5.73. The monoisotopic (exact) mass is 277 g/mol. The van der Waals surface area contributed by atoms with Gasteiger partial charge in [-0.25, -0.2) is 4.79 Å². The number of aliphatic hydroxyl groups excluding tert-OH is 1. The van der Waals surface area contributed by atoms with Crippen LogP contribution in [0.25, 0.3) is 11.1 Å². The fraction of sp³-hybridized carbons (Fsp3) is 0.533. The molecule has 3 rings (SSSR count). The number of hydrogen-bond acceptors (Lipinski definition) is 4. The van der Waals surface area contributed by atoms with Gasteiger partial charge in [0.25, 0.3) is 0 Å². The maximum absolute atomic E-state index is 11.7. The van der Waals surface area contributed by atoms with E-state index in [1.54, 1.807) is 10.6 Å². The molecule has 1 aromatic heterocycles. The first kappa shape index (κ1) is 13.4. The number of fused-ring (bicyclic) bond motifs is 1. The molecule has 1 aromatic carbocycles. The number of aryl methyl sites for hydroxylation is 1. The molecule has 1 saturated heterocycles. The summed E-state index contributed by atoms with van der Waals surface area (Å²) in [4.78, 5) is 11.7. The maximum Gasteiger partial charge on any atom is 0.419 e. The van der Waals surface area contributed by atoms with E-state index in [0.717, 1.165) is 30.5 Å². The average Bonchev–Trinajstić information content (AvgIpc) is 2.81. The molecule has 0 amide bonds. The van der Waals surface area contributed by atoms with Crippen molar-refractivity contribution in [2.24, 2.45) is 5.92 Å². The molecule has 108 valence electrons. The second kappa shape index (κ2) is 5.42. The third-order valence-corrected chi connectivity index (χ3v) is 3.99. The number of aliphatic hydroxyl groups is 1. The first-order chi connectivity index (χ1) is 9.70. The third kappa shape index (κ3) is 2.27. The molecule has 2 unspecified atom stereocenters. The predicted molar refractivity (Wildman–Crippen MR) is 74.7 cm³/mol. The summed E-state index contributed by atoms with van der Waals surface area (Å²) >= 11 is 0. The molecule has 2 aromatic rings. The molecule has 0 saturated carbocycles. The zero-order valence-corrected chi connectivity index (χ0v) is 11.5. The number of ether oxygens (including phenoxy) is 1. The van der Waals surface area contributed by atoms with Crippen LogP contribution in [-0.2, 0) is 11.3 Å². The van der Waals surface area contributed by atoms with Crippen LogP contribution in [0.4, 0.5) is 0 Å². The van der Waals surface area contributed by atoms with Crippen LogP contribution in [0.1, 0.15) is 31.4 Å². The molecule has 2 heterocycles. The first-order valence-corrected chi connectivity index (χ1v) is 7.10. The van der Waals surface area contributed by atoms with Crippen molar-refractivity contribution < 1.29 is 14.3 Å². The molecule has 5 heteroatoms. The topological polar surface area (TPSA) is 64.6 Å². The molecule has 0 bridgehead atoms. The van der Waals surface area contributed by atoms with Crippen molar-refractivity contribution in [2.75, 3.05) is 13.2 Å². The van der Waals surface area contributed by atoms with Gasteiger partial charge in [0.2, 0.25) is 0 Å². The molecule has 2 atom stereocenters. The Morgan fingerprint density at radius 2 is 2.35 bits per heavy atom. The number of nitrogens with zero attached hydrogens (tertiary/aromatic N) is 1. The number of benzene rings is 1. The summed E-state index contributed by atoms with van der Waals surface area (Å²) in [6, 6.07) is 5.47. The van der Waals surface area contributed by atoms with Crippen molar-refractivity contribution in [2.45, 2.75) is 32.4 Å². The van der Waals surface area contributed by atoms with Gasteiger partial charge in [0.05, 0.1) is 18.2 Å². The maximum atomic E-state index is 11.7. The summed E-state index contributed by atoms with van der Waals surface area (Å²) in [7, 11) is 0. The van der Waals surface area contributed by atoms with Gasteiger partial charge in [-0.3, -0.25) is 4.57 Å². The van der Waals surface area contributed by atoms with E-state index in [0.29, 0.717) is 18.7 Å². The Morgan fingerprint density at radius 3 is 3.05 bits per heavy atom. The van der Waals surface area contributed by atoms with Gasteiger partial charge in [-0.2, -0.15) is 0 Å². The number of aromatic nitrogens is 1. The lowest BCUT2D eigenvalue weighted by Crippen LogP contribution is -2.23. The van der Waals surface area contributed by atoms with Crippen LogP contribution in [0.15, 0.2) is 27.4 Å². The SMILES string of the molecule is CCn1c(=O)oc2cc(C(O)C3CCCOC3)ccc21. The fourth-order valence-corrected chi connectivity index (χ4v) is 2.85. The van der Waals surface area contributed by atoms with Crippen LogP contribution in [-0.4, -0.2) is 22.9 Å². The van der Waals surface area contributed by atoms with E-state index in [-0.39, 0.29) is 11.7 Å². The van der Waals surface area contributed by atoms with Crippen molar-refractivity contribution in [3.8, 4) is 0 Å². The lowest BCUT2D eigenvalue weighted by Gasteiger charge is -2.26. The Balaban J connectivity index is 1.94. The van der Waals surface area contributed by atoms with Crippen LogP contribution in [0.5, 0.6) is 0 Å². The highest BCUT2D eigenvalue weighted by atomic mass is 16.5. The number of oxazole rings is 1. The predicted octanol–water partition coefficient (Wildman–Crippen LogP) is 2.07. The van der Waals surface area contributed by atoms with E-state index in [1.807, 2.05) is 19.1 Å². The first-order valence-electron chi connectivity index (χ1n) is 7.10. The van der Waals surface area contributed by atoms with Crippen LogP contribution in [0.3, 0.4) is 0 Å². The zero-order valence-electron chi connectivity index (χ0n) is 11.5. The van der Waals surface area contributed by atoms with Gasteiger partial charge < -0.3 is 14.3 Å². The van der Waals surface area contributed by atoms with Gasteiger partial charge in [-0.1, -0.05) is 6.07 Å². The molecule has 5 nitrogen and oxygen atoms in total. The Morgan fingerprint density at radius 1 is 1.50 bits per heavy atom. The summed E-state index contributed by atoms with van der Waals surface area (Å²) in [6.45, 7) is 3.83. The summed E-state index contributed by atoms with van der Waals surface area (Å²) < 4.78 is 12.2. The minimum Gasteiger partial charge on any atom is -0.408 e. The summed E-state index contributed by atoms with van der Waals surface area (Å²) in [5.74, 6) is -0.240. The summed E-state index contributed by atoms with van der Waals surface area (Å²) in [5, 5.41) is 10.4. The van der Waals surface area contributed by atoms with E-state index < -0.39 is 6.10 Å². The second-order valence-electron chi connectivity index (χ2n) is 5.26. The Hall–Kier alpha value is -1.59. The minimum absolute atomic E-state index is 0.112. The van der Waals surface area contributed by atoms with Gasteiger partial charge in [0.1, 0.15) is 0 Å². The average molecular weight is 277 g/mol. The molecule has 0 aliphatic carbocycles. The Labute approximate surface area is 116 Å². The van der Waals surface area contributed by atoms with Gasteiger partial charge in [0.15, 0.2) is 5.58 Å². The van der Waals surface area contributed by atoms with Crippen LogP contribution in [0, 0.1) is 5.92 Å². The van der Waals surface area contributed by atoms with Crippen molar-refractivity contribution in [3.63, 3.8) is 0 Å². The molecule has 1 fully saturated rings. The molecule has 0 radical (unpaired) electrons. The lowest BCUT2D eigenvalue weighted by atomic mass is 9.91. The summed E-state index contributed by atoms with van der Waals surface area (Å²) in [5.41, 5.74) is 2.09. The molecule has 1 aliphatic heterocycles. The van der Waals surface area contributed by atoms with Gasteiger partial charge in [0, 0.05) is 19.1 Å². The highest BCUT2D eigenvalue weighted by Gasteiger charge is 2.24. The Bertz CT molecular complexity index is 651. The van der Waals surface area contributed by atoms with Gasteiger partial charge in [-0.15, -0.1) is 0 Å². The van der Waals surface area contributed by atoms with E-state index in [9.17, 15) is 9.90 Å². The van der Waals surface area contributed by atoms with E-state index in [4.69, 9.17) is 9.15 Å². The third-order valence-electron chi connectivity index (χ3n) is 3.99.